The van der Waals surface area contributed by atoms with Crippen molar-refractivity contribution >= 4 is 28.8 Å². The molecule has 0 saturated carbocycles. The number of carbonyl (C=O) groups excluding carboxylic acids is 3. The molecule has 2 aliphatic rings. The van der Waals surface area contributed by atoms with Crippen LogP contribution in [0.5, 0.6) is 0 Å². The van der Waals surface area contributed by atoms with Crippen molar-refractivity contribution in [3.05, 3.63) is 71.0 Å². The van der Waals surface area contributed by atoms with E-state index in [2.05, 4.69) is 10.6 Å². The van der Waals surface area contributed by atoms with Crippen LogP contribution in [0.1, 0.15) is 48.8 Å². The van der Waals surface area contributed by atoms with E-state index in [-0.39, 0.29) is 6.54 Å². The lowest BCUT2D eigenvalue weighted by Crippen LogP contribution is -2.43. The van der Waals surface area contributed by atoms with Gasteiger partial charge in [0.15, 0.2) is 0 Å². The average Bonchev–Trinajstić information content (AvgIpc) is 3.47. The zero-order valence-corrected chi connectivity index (χ0v) is 18.1. The van der Waals surface area contributed by atoms with Crippen LogP contribution in [0.15, 0.2) is 52.9 Å². The lowest BCUT2D eigenvalue weighted by Gasteiger charge is -2.23. The predicted octanol–water partition coefficient (Wildman–Crippen LogP) is 3.57. The van der Waals surface area contributed by atoms with Gasteiger partial charge in [0.2, 0.25) is 5.91 Å². The Bertz CT molecular complexity index is 1210. The SMILES string of the molecule is C[C@H](NC(=O)CN1C(=O)N[C@](C)(c2ccc3c(c2)CCC3)C1=O)c1cc2ccccc2o1. The average molecular weight is 431 g/mol. The van der Waals surface area contributed by atoms with E-state index < -0.39 is 29.4 Å². The van der Waals surface area contributed by atoms with E-state index in [1.807, 2.05) is 48.5 Å². The molecule has 0 spiro atoms. The molecule has 1 fully saturated rings. The minimum Gasteiger partial charge on any atom is -0.459 e. The first-order valence-electron chi connectivity index (χ1n) is 10.9. The molecule has 2 N–H and O–H groups in total. The number of hydrogen-bond acceptors (Lipinski definition) is 4. The largest absolute Gasteiger partial charge is 0.459 e. The zero-order valence-electron chi connectivity index (χ0n) is 18.1. The summed E-state index contributed by atoms with van der Waals surface area (Å²) in [5.74, 6) is -0.244. The first kappa shape index (κ1) is 20.3. The summed E-state index contributed by atoms with van der Waals surface area (Å²) >= 11 is 0. The molecule has 1 aliphatic heterocycles. The van der Waals surface area contributed by atoms with Crippen LogP contribution in [0.2, 0.25) is 0 Å². The minimum absolute atomic E-state index is 0.351. The highest BCUT2D eigenvalue weighted by molar-refractivity contribution is 6.09. The van der Waals surface area contributed by atoms with Crippen molar-refractivity contribution in [2.24, 2.45) is 0 Å². The second-order valence-electron chi connectivity index (χ2n) is 8.76. The van der Waals surface area contributed by atoms with Crippen molar-refractivity contribution in [3.8, 4) is 0 Å². The van der Waals surface area contributed by atoms with Gasteiger partial charge in [0, 0.05) is 5.39 Å². The van der Waals surface area contributed by atoms with Crippen molar-refractivity contribution in [2.45, 2.75) is 44.7 Å². The second kappa shape index (κ2) is 7.51. The van der Waals surface area contributed by atoms with Crippen molar-refractivity contribution in [2.75, 3.05) is 6.54 Å². The van der Waals surface area contributed by atoms with Gasteiger partial charge in [-0.2, -0.15) is 0 Å². The Kier molecular flexibility index (Phi) is 4.77. The van der Waals surface area contributed by atoms with Gasteiger partial charge in [0.25, 0.3) is 5.91 Å². The van der Waals surface area contributed by atoms with Crippen LogP contribution in [-0.2, 0) is 28.0 Å². The molecule has 7 heteroatoms. The van der Waals surface area contributed by atoms with Gasteiger partial charge < -0.3 is 15.1 Å². The molecule has 1 saturated heterocycles. The molecule has 164 valence electrons. The van der Waals surface area contributed by atoms with E-state index in [4.69, 9.17) is 4.42 Å². The first-order valence-corrected chi connectivity index (χ1v) is 10.9. The smallest absolute Gasteiger partial charge is 0.325 e. The Balaban J connectivity index is 1.29. The van der Waals surface area contributed by atoms with Gasteiger partial charge in [-0.25, -0.2) is 4.79 Å². The van der Waals surface area contributed by atoms with Crippen LogP contribution in [0.3, 0.4) is 0 Å². The molecule has 4 amide bonds. The summed E-state index contributed by atoms with van der Waals surface area (Å²) in [6.45, 7) is 3.14. The normalized spacial score (nSPS) is 21.0. The topological polar surface area (TPSA) is 91.7 Å². The van der Waals surface area contributed by atoms with Crippen LogP contribution >= 0.6 is 0 Å². The van der Waals surface area contributed by atoms with Gasteiger partial charge in [-0.05, 0) is 61.9 Å². The third-order valence-electron chi connectivity index (χ3n) is 6.50. The fraction of sp³-hybridized carbons (Fsp3) is 0.320. The molecule has 2 atom stereocenters. The summed E-state index contributed by atoms with van der Waals surface area (Å²) in [5, 5.41) is 6.55. The van der Waals surface area contributed by atoms with Crippen molar-refractivity contribution in [3.63, 3.8) is 0 Å². The van der Waals surface area contributed by atoms with Gasteiger partial charge in [-0.15, -0.1) is 0 Å². The van der Waals surface area contributed by atoms with Gasteiger partial charge >= 0.3 is 6.03 Å². The third kappa shape index (κ3) is 3.34. The molecule has 2 aromatic carbocycles. The molecule has 7 nitrogen and oxygen atoms in total. The number of nitrogens with zero attached hydrogens (tertiary/aromatic N) is 1. The number of imide groups is 1. The molecular formula is C25H25N3O4. The molecule has 0 radical (unpaired) electrons. The highest BCUT2D eigenvalue weighted by Crippen LogP contribution is 2.32. The molecule has 2 heterocycles. The fourth-order valence-electron chi connectivity index (χ4n) is 4.64. The first-order chi connectivity index (χ1) is 15.3. The lowest BCUT2D eigenvalue weighted by atomic mass is 9.89. The highest BCUT2D eigenvalue weighted by atomic mass is 16.3. The number of furan rings is 1. The number of rotatable bonds is 5. The van der Waals surface area contributed by atoms with E-state index in [1.165, 1.54) is 11.1 Å². The maximum absolute atomic E-state index is 13.2. The number of urea groups is 1. The molecule has 5 rings (SSSR count). The number of fused-ring (bicyclic) bond motifs is 2. The highest BCUT2D eigenvalue weighted by Gasteiger charge is 2.49. The summed E-state index contributed by atoms with van der Waals surface area (Å²) in [6.07, 6.45) is 3.13. The molecule has 1 aliphatic carbocycles. The van der Waals surface area contributed by atoms with Gasteiger partial charge in [0.05, 0.1) is 6.04 Å². The number of benzene rings is 2. The van der Waals surface area contributed by atoms with Gasteiger partial charge in [-0.3, -0.25) is 14.5 Å². The molecule has 0 bridgehead atoms. The van der Waals surface area contributed by atoms with Crippen LogP contribution in [0.25, 0.3) is 11.0 Å². The Hall–Kier alpha value is -3.61. The van der Waals surface area contributed by atoms with E-state index in [9.17, 15) is 14.4 Å². The van der Waals surface area contributed by atoms with Crippen molar-refractivity contribution in [1.29, 1.82) is 0 Å². The summed E-state index contributed by atoms with van der Waals surface area (Å²) in [4.78, 5) is 39.4. The maximum Gasteiger partial charge on any atom is 0.325 e. The number of amides is 4. The summed E-state index contributed by atoms with van der Waals surface area (Å²) in [6, 6.07) is 14.4. The number of para-hydroxylation sites is 1. The third-order valence-corrected chi connectivity index (χ3v) is 6.50. The molecular weight excluding hydrogens is 406 g/mol. The van der Waals surface area contributed by atoms with Crippen molar-refractivity contribution in [1.82, 2.24) is 15.5 Å². The summed E-state index contributed by atoms with van der Waals surface area (Å²) in [7, 11) is 0. The number of aryl methyl sites for hydroxylation is 2. The Labute approximate surface area is 185 Å². The van der Waals surface area contributed by atoms with Crippen molar-refractivity contribution < 1.29 is 18.8 Å². The van der Waals surface area contributed by atoms with Gasteiger partial charge in [0.1, 0.15) is 23.4 Å². The van der Waals surface area contributed by atoms with Crippen LogP contribution in [0, 0.1) is 0 Å². The monoisotopic (exact) mass is 431 g/mol. The Morgan fingerprint density at radius 3 is 2.75 bits per heavy atom. The predicted molar refractivity (Wildman–Crippen MR) is 119 cm³/mol. The summed E-state index contributed by atoms with van der Waals surface area (Å²) < 4.78 is 5.80. The summed E-state index contributed by atoms with van der Waals surface area (Å²) in [5.41, 5.74) is 2.82. The Morgan fingerprint density at radius 2 is 1.94 bits per heavy atom. The maximum atomic E-state index is 13.2. The van der Waals surface area contributed by atoms with E-state index in [0.717, 1.165) is 40.7 Å². The molecule has 32 heavy (non-hydrogen) atoms. The van der Waals surface area contributed by atoms with E-state index >= 15 is 0 Å². The molecule has 1 aromatic heterocycles. The number of carbonyl (C=O) groups is 3. The minimum atomic E-state index is -1.18. The number of hydrogen-bond donors (Lipinski definition) is 2. The Morgan fingerprint density at radius 1 is 1.16 bits per heavy atom. The standard InChI is InChI=1S/C25H25N3O4/c1-15(21-13-18-6-3-4-9-20(18)32-21)26-22(29)14-28-23(30)25(2,27-24(28)31)19-11-10-16-7-5-8-17(16)12-19/h3-4,6,9-13,15H,5,7-8,14H2,1-2H3,(H,26,29)(H,27,31)/t15-,25+/m0/s1. The second-order valence-corrected chi connectivity index (χ2v) is 8.76. The van der Waals surface area contributed by atoms with Crippen LogP contribution in [0.4, 0.5) is 4.79 Å². The molecule has 3 aromatic rings. The van der Waals surface area contributed by atoms with Crippen LogP contribution < -0.4 is 10.6 Å². The fourth-order valence-corrected chi connectivity index (χ4v) is 4.64. The van der Waals surface area contributed by atoms with Gasteiger partial charge in [-0.1, -0.05) is 36.4 Å². The number of nitrogens with one attached hydrogen (secondary N) is 2. The lowest BCUT2D eigenvalue weighted by molar-refractivity contribution is -0.135. The van der Waals surface area contributed by atoms with Crippen LogP contribution in [-0.4, -0.2) is 29.3 Å². The quantitative estimate of drug-likeness (QED) is 0.604. The zero-order chi connectivity index (χ0) is 22.5. The molecule has 0 unspecified atom stereocenters. The van der Waals surface area contributed by atoms with E-state index in [0.29, 0.717) is 5.76 Å². The van der Waals surface area contributed by atoms with E-state index in [1.54, 1.807) is 13.8 Å².